The molecule has 0 saturated carbocycles. The second-order valence-electron chi connectivity index (χ2n) is 11.2. The molecule has 0 saturated heterocycles. The molecule has 186 valence electrons. The van der Waals surface area contributed by atoms with Gasteiger partial charge in [-0.1, -0.05) is 11.8 Å². The Balaban J connectivity index is 2.10. The zero-order valence-corrected chi connectivity index (χ0v) is 25.0. The molecule has 0 atom stereocenters. The summed E-state index contributed by atoms with van der Waals surface area (Å²) < 4.78 is 0. The van der Waals surface area contributed by atoms with Gasteiger partial charge in [-0.3, -0.25) is 0 Å². The summed E-state index contributed by atoms with van der Waals surface area (Å²) in [6.07, 6.45) is 0. The summed E-state index contributed by atoms with van der Waals surface area (Å²) in [6.45, 7) is 31.7. The van der Waals surface area contributed by atoms with E-state index in [-0.39, 0.29) is 0 Å². The van der Waals surface area contributed by atoms with E-state index < -0.39 is 0 Å². The van der Waals surface area contributed by atoms with E-state index in [9.17, 15) is 0 Å². The van der Waals surface area contributed by atoms with Gasteiger partial charge < -0.3 is 0 Å². The molecule has 0 aromatic heterocycles. The zero-order valence-electron chi connectivity index (χ0n) is 25.0. The Labute approximate surface area is 219 Å². The van der Waals surface area contributed by atoms with Crippen molar-refractivity contribution in [2.24, 2.45) is 0 Å². The fraction of sp³-hybridized carbons (Fsp3) is 0.389. The molecule has 36 heavy (non-hydrogen) atoms. The third-order valence-electron chi connectivity index (χ3n) is 9.81. The number of hydrogen-bond donors (Lipinski definition) is 0. The van der Waals surface area contributed by atoms with E-state index in [1.165, 1.54) is 111 Å². The minimum absolute atomic E-state index is 1.19. The number of hydrogen-bond acceptors (Lipinski definition) is 0. The minimum Gasteiger partial charge on any atom is -0.0610 e. The van der Waals surface area contributed by atoms with Gasteiger partial charge in [0, 0.05) is 11.1 Å². The van der Waals surface area contributed by atoms with E-state index in [1.54, 1.807) is 0 Å². The molecular weight excluding hydrogens is 432 g/mol. The molecule has 0 N–H and O–H groups in total. The lowest BCUT2D eigenvalue weighted by Gasteiger charge is -2.22. The van der Waals surface area contributed by atoms with Gasteiger partial charge in [0.05, 0.1) is 0 Å². The van der Waals surface area contributed by atoms with Crippen LogP contribution in [0.4, 0.5) is 0 Å². The third kappa shape index (κ3) is 3.43. The van der Waals surface area contributed by atoms with Gasteiger partial charge in [0.1, 0.15) is 0 Å². The number of aryl methyl sites for hydroxylation is 8. The topological polar surface area (TPSA) is 0 Å². The highest BCUT2D eigenvalue weighted by Gasteiger charge is 2.19. The number of rotatable bonds is 0. The van der Waals surface area contributed by atoms with Crippen LogP contribution in [-0.2, 0) is 0 Å². The van der Waals surface area contributed by atoms with Crippen molar-refractivity contribution in [2.45, 2.75) is 96.9 Å². The summed E-state index contributed by atoms with van der Waals surface area (Å²) in [6, 6.07) is 0. The standard InChI is InChI=1S/C36H42/c1-17-19(3)25(9)35-29(13)31(21(5)27(11)33(35)23(17)7)15-16-32-22(6)28(12)34-24(8)18(2)20(4)26(10)36(34)30(32)14/h1-14H3. The maximum Gasteiger partial charge on any atom is 0.0316 e. The van der Waals surface area contributed by atoms with Crippen molar-refractivity contribution in [3.63, 3.8) is 0 Å². The quantitative estimate of drug-likeness (QED) is 0.222. The Morgan fingerprint density at radius 2 is 0.417 bits per heavy atom. The first-order valence-corrected chi connectivity index (χ1v) is 13.2. The van der Waals surface area contributed by atoms with Crippen molar-refractivity contribution in [1.29, 1.82) is 0 Å². The Hall–Kier alpha value is -3.04. The molecule has 0 aliphatic carbocycles. The molecule has 4 rings (SSSR count). The van der Waals surface area contributed by atoms with E-state index in [0.29, 0.717) is 0 Å². The first kappa shape index (κ1) is 26.0. The molecule has 0 aliphatic rings. The zero-order chi connectivity index (χ0) is 27.0. The molecular formula is C36H42. The predicted octanol–water partition coefficient (Wildman–Crippen LogP) is 9.71. The molecule has 0 heterocycles. The van der Waals surface area contributed by atoms with Crippen LogP contribution in [0.1, 0.15) is 89.0 Å². The summed E-state index contributed by atoms with van der Waals surface area (Å²) in [4.78, 5) is 0. The van der Waals surface area contributed by atoms with Crippen molar-refractivity contribution in [1.82, 2.24) is 0 Å². The van der Waals surface area contributed by atoms with Gasteiger partial charge in [-0.15, -0.1) is 0 Å². The van der Waals surface area contributed by atoms with Crippen LogP contribution in [-0.4, -0.2) is 0 Å². The van der Waals surface area contributed by atoms with E-state index in [1.807, 2.05) is 0 Å². The van der Waals surface area contributed by atoms with Gasteiger partial charge in [0.25, 0.3) is 0 Å². The van der Waals surface area contributed by atoms with Gasteiger partial charge in [-0.05, 0) is 196 Å². The van der Waals surface area contributed by atoms with Crippen LogP contribution in [0.5, 0.6) is 0 Å². The lowest BCUT2D eigenvalue weighted by atomic mass is 9.82. The van der Waals surface area contributed by atoms with Gasteiger partial charge in [0.15, 0.2) is 0 Å². The van der Waals surface area contributed by atoms with Crippen molar-refractivity contribution >= 4 is 21.5 Å². The smallest absolute Gasteiger partial charge is 0.0316 e. The van der Waals surface area contributed by atoms with Crippen molar-refractivity contribution in [3.05, 3.63) is 89.0 Å². The van der Waals surface area contributed by atoms with Crippen molar-refractivity contribution in [2.75, 3.05) is 0 Å². The first-order valence-electron chi connectivity index (χ1n) is 13.2. The molecule has 0 nitrogen and oxygen atoms in total. The lowest BCUT2D eigenvalue weighted by molar-refractivity contribution is 1.22. The molecule has 0 aliphatic heterocycles. The van der Waals surface area contributed by atoms with Gasteiger partial charge in [-0.2, -0.15) is 0 Å². The highest BCUT2D eigenvalue weighted by atomic mass is 14.2. The Morgan fingerprint density at radius 1 is 0.222 bits per heavy atom. The molecule has 4 aromatic rings. The van der Waals surface area contributed by atoms with Gasteiger partial charge in [0.2, 0.25) is 0 Å². The van der Waals surface area contributed by atoms with Crippen LogP contribution in [0.3, 0.4) is 0 Å². The van der Waals surface area contributed by atoms with E-state index in [0.717, 1.165) is 0 Å². The summed E-state index contributed by atoms with van der Waals surface area (Å²) in [5.41, 5.74) is 21.6. The Morgan fingerprint density at radius 3 is 0.667 bits per heavy atom. The predicted molar refractivity (Wildman–Crippen MR) is 160 cm³/mol. The Kier molecular flexibility index (Phi) is 6.37. The molecule has 0 amide bonds. The summed E-state index contributed by atoms with van der Waals surface area (Å²) in [5.74, 6) is 7.39. The van der Waals surface area contributed by atoms with Crippen LogP contribution >= 0.6 is 0 Å². The van der Waals surface area contributed by atoms with E-state index in [4.69, 9.17) is 0 Å². The number of fused-ring (bicyclic) bond motifs is 2. The molecule has 4 aromatic carbocycles. The molecule has 0 heteroatoms. The summed E-state index contributed by atoms with van der Waals surface area (Å²) >= 11 is 0. The van der Waals surface area contributed by atoms with Crippen LogP contribution in [0.2, 0.25) is 0 Å². The maximum atomic E-state index is 3.69. The second-order valence-corrected chi connectivity index (χ2v) is 11.2. The first-order chi connectivity index (χ1) is 16.7. The summed E-state index contributed by atoms with van der Waals surface area (Å²) in [5, 5.41) is 5.62. The van der Waals surface area contributed by atoms with Crippen LogP contribution in [0, 0.1) is 109 Å². The Bertz CT molecular complexity index is 1570. The van der Waals surface area contributed by atoms with Gasteiger partial charge in [-0.25, -0.2) is 0 Å². The molecule has 0 bridgehead atoms. The maximum absolute atomic E-state index is 3.69. The average Bonchev–Trinajstić information content (AvgIpc) is 2.84. The van der Waals surface area contributed by atoms with Crippen LogP contribution < -0.4 is 0 Å². The number of benzene rings is 4. The molecule has 0 spiro atoms. The average molecular weight is 475 g/mol. The minimum atomic E-state index is 1.19. The molecule has 0 unspecified atom stereocenters. The van der Waals surface area contributed by atoms with Crippen LogP contribution in [0.25, 0.3) is 21.5 Å². The van der Waals surface area contributed by atoms with Crippen LogP contribution in [0.15, 0.2) is 0 Å². The van der Waals surface area contributed by atoms with E-state index >= 15 is 0 Å². The normalized spacial score (nSPS) is 11.4. The molecule has 0 radical (unpaired) electrons. The highest BCUT2D eigenvalue weighted by molar-refractivity contribution is 5.99. The third-order valence-corrected chi connectivity index (χ3v) is 9.81. The fourth-order valence-corrected chi connectivity index (χ4v) is 6.56. The van der Waals surface area contributed by atoms with Crippen molar-refractivity contribution in [3.8, 4) is 11.8 Å². The highest BCUT2D eigenvalue weighted by Crippen LogP contribution is 2.39. The van der Waals surface area contributed by atoms with E-state index in [2.05, 4.69) is 109 Å². The van der Waals surface area contributed by atoms with Gasteiger partial charge >= 0.3 is 0 Å². The SMILES string of the molecule is Cc1c(C)c(C)c2c(C)c(C#Cc3c(C)c(C)c4c(C)c(C)c(C)c(C)c4c3C)c(C)c(C)c2c1C. The second kappa shape index (κ2) is 8.81. The summed E-state index contributed by atoms with van der Waals surface area (Å²) in [7, 11) is 0. The van der Waals surface area contributed by atoms with Crippen molar-refractivity contribution < 1.29 is 0 Å². The monoisotopic (exact) mass is 474 g/mol. The lowest BCUT2D eigenvalue weighted by Crippen LogP contribution is -2.03. The fourth-order valence-electron chi connectivity index (χ4n) is 6.56. The largest absolute Gasteiger partial charge is 0.0610 e. The molecule has 0 fully saturated rings.